The number of benzene rings is 1. The van der Waals surface area contributed by atoms with Crippen molar-refractivity contribution in [2.45, 2.75) is 19.4 Å². The van der Waals surface area contributed by atoms with E-state index in [1.807, 2.05) is 37.3 Å². The first-order chi connectivity index (χ1) is 8.58. The molecule has 0 aliphatic heterocycles. The van der Waals surface area contributed by atoms with Crippen molar-refractivity contribution in [3.63, 3.8) is 0 Å². The van der Waals surface area contributed by atoms with E-state index in [1.165, 1.54) is 0 Å². The summed E-state index contributed by atoms with van der Waals surface area (Å²) in [5.74, 6) is 0. The maximum absolute atomic E-state index is 6.21. The first-order valence-corrected chi connectivity index (χ1v) is 6.86. The fourth-order valence-electron chi connectivity index (χ4n) is 1.82. The van der Waals surface area contributed by atoms with E-state index in [-0.39, 0.29) is 6.04 Å². The van der Waals surface area contributed by atoms with Gasteiger partial charge in [0.05, 0.1) is 11.7 Å². The highest BCUT2D eigenvalue weighted by molar-refractivity contribution is 9.10. The van der Waals surface area contributed by atoms with E-state index in [0.29, 0.717) is 6.42 Å². The minimum absolute atomic E-state index is 0.166. The summed E-state index contributed by atoms with van der Waals surface area (Å²) in [6.45, 7) is 2.02. The van der Waals surface area contributed by atoms with E-state index in [4.69, 9.17) is 17.3 Å². The van der Waals surface area contributed by atoms with Crippen LogP contribution in [-0.4, -0.2) is 4.98 Å². The molecule has 0 fully saturated rings. The molecule has 0 bridgehead atoms. The van der Waals surface area contributed by atoms with Gasteiger partial charge in [-0.3, -0.25) is 4.98 Å². The molecular weight excluding hydrogens is 312 g/mol. The quantitative estimate of drug-likeness (QED) is 0.924. The van der Waals surface area contributed by atoms with E-state index in [2.05, 4.69) is 20.9 Å². The third kappa shape index (κ3) is 3.10. The highest BCUT2D eigenvalue weighted by atomic mass is 79.9. The number of aromatic nitrogens is 1. The summed E-state index contributed by atoms with van der Waals surface area (Å²) >= 11 is 9.68. The molecule has 2 aromatic rings. The third-order valence-corrected chi connectivity index (χ3v) is 3.81. The minimum atomic E-state index is -0.166. The zero-order valence-electron chi connectivity index (χ0n) is 10.0. The van der Waals surface area contributed by atoms with Gasteiger partial charge in [-0.05, 0) is 58.6 Å². The molecular formula is C14H14BrClN2. The van der Waals surface area contributed by atoms with Crippen molar-refractivity contribution < 1.29 is 0 Å². The van der Waals surface area contributed by atoms with Crippen LogP contribution >= 0.6 is 27.5 Å². The zero-order valence-corrected chi connectivity index (χ0v) is 12.4. The van der Waals surface area contributed by atoms with Crippen LogP contribution in [-0.2, 0) is 6.42 Å². The van der Waals surface area contributed by atoms with Crippen LogP contribution < -0.4 is 5.73 Å². The van der Waals surface area contributed by atoms with Crippen molar-refractivity contribution >= 4 is 27.5 Å². The number of aryl methyl sites for hydroxylation is 1. The number of nitrogens with zero attached hydrogens (tertiary/aromatic N) is 1. The summed E-state index contributed by atoms with van der Waals surface area (Å²) in [6.07, 6.45) is 2.42. The second-order valence-electron chi connectivity index (χ2n) is 4.28. The predicted molar refractivity (Wildman–Crippen MR) is 78.8 cm³/mol. The maximum Gasteiger partial charge on any atom is 0.0716 e. The molecule has 1 heterocycles. The van der Waals surface area contributed by atoms with Gasteiger partial charge in [-0.15, -0.1) is 0 Å². The average Bonchev–Trinajstić information content (AvgIpc) is 2.33. The summed E-state index contributed by atoms with van der Waals surface area (Å²) < 4.78 is 0.931. The van der Waals surface area contributed by atoms with Crippen LogP contribution in [0.5, 0.6) is 0 Å². The molecule has 0 radical (unpaired) electrons. The van der Waals surface area contributed by atoms with Gasteiger partial charge in [0.1, 0.15) is 0 Å². The number of pyridine rings is 1. The Morgan fingerprint density at radius 3 is 2.83 bits per heavy atom. The predicted octanol–water partition coefficient (Wildman–Crippen LogP) is 4.05. The number of hydrogen-bond acceptors (Lipinski definition) is 2. The van der Waals surface area contributed by atoms with Gasteiger partial charge in [0.25, 0.3) is 0 Å². The molecule has 2 N–H and O–H groups in total. The molecule has 1 aromatic heterocycles. The molecule has 4 heteroatoms. The highest BCUT2D eigenvalue weighted by Gasteiger charge is 2.13. The van der Waals surface area contributed by atoms with Crippen molar-refractivity contribution in [3.05, 3.63) is 62.8 Å². The summed E-state index contributed by atoms with van der Waals surface area (Å²) in [5.41, 5.74) is 9.24. The van der Waals surface area contributed by atoms with E-state index in [9.17, 15) is 0 Å². The number of nitrogens with two attached hydrogens (primary N) is 1. The Bertz CT molecular complexity index is 557. The molecule has 1 atom stereocenters. The molecule has 0 aliphatic rings. The van der Waals surface area contributed by atoms with Crippen LogP contribution in [0.2, 0.25) is 5.02 Å². The van der Waals surface area contributed by atoms with Gasteiger partial charge < -0.3 is 5.73 Å². The fraction of sp³-hybridized carbons (Fsp3) is 0.214. The molecule has 94 valence electrons. The Hall–Kier alpha value is -0.900. The summed E-state index contributed by atoms with van der Waals surface area (Å²) in [7, 11) is 0. The number of halogens is 2. The van der Waals surface area contributed by atoms with Gasteiger partial charge in [-0.1, -0.05) is 23.7 Å². The lowest BCUT2D eigenvalue weighted by atomic mass is 10.0. The van der Waals surface area contributed by atoms with Gasteiger partial charge in [0.15, 0.2) is 0 Å². The fourth-order valence-corrected chi connectivity index (χ4v) is 2.68. The molecule has 1 aromatic carbocycles. The van der Waals surface area contributed by atoms with Gasteiger partial charge in [-0.2, -0.15) is 0 Å². The second-order valence-corrected chi connectivity index (χ2v) is 5.54. The molecule has 0 spiro atoms. The zero-order chi connectivity index (χ0) is 13.1. The monoisotopic (exact) mass is 324 g/mol. The average molecular weight is 326 g/mol. The van der Waals surface area contributed by atoms with E-state index < -0.39 is 0 Å². The molecule has 1 unspecified atom stereocenters. The molecule has 0 saturated carbocycles. The van der Waals surface area contributed by atoms with E-state index in [0.717, 1.165) is 26.3 Å². The first-order valence-electron chi connectivity index (χ1n) is 5.69. The topological polar surface area (TPSA) is 38.9 Å². The maximum atomic E-state index is 6.21. The molecule has 0 aliphatic carbocycles. The van der Waals surface area contributed by atoms with Gasteiger partial charge in [-0.25, -0.2) is 0 Å². The number of hydrogen-bond donors (Lipinski definition) is 1. The van der Waals surface area contributed by atoms with Gasteiger partial charge >= 0.3 is 0 Å². The van der Waals surface area contributed by atoms with Gasteiger partial charge in [0, 0.05) is 15.7 Å². The summed E-state index contributed by atoms with van der Waals surface area (Å²) in [4.78, 5) is 4.31. The van der Waals surface area contributed by atoms with Crippen molar-refractivity contribution in [1.29, 1.82) is 0 Å². The largest absolute Gasteiger partial charge is 0.322 e. The summed E-state index contributed by atoms with van der Waals surface area (Å²) in [5, 5.41) is 0.762. The van der Waals surface area contributed by atoms with Crippen LogP contribution in [0.4, 0.5) is 0 Å². The Morgan fingerprint density at radius 1 is 1.39 bits per heavy atom. The standard InChI is InChI=1S/C14H14BrClN2/c1-9-4-5-10(12(16)7-9)8-13(17)14-11(15)3-2-6-18-14/h2-7,13H,8,17H2,1H3. The molecule has 2 rings (SSSR count). The summed E-state index contributed by atoms with van der Waals surface area (Å²) in [6, 6.07) is 9.67. The van der Waals surface area contributed by atoms with Crippen molar-refractivity contribution in [1.82, 2.24) is 4.98 Å². The lowest BCUT2D eigenvalue weighted by molar-refractivity contribution is 0.692. The lowest BCUT2D eigenvalue weighted by Crippen LogP contribution is -2.15. The van der Waals surface area contributed by atoms with Crippen molar-refractivity contribution in [3.8, 4) is 0 Å². The highest BCUT2D eigenvalue weighted by Crippen LogP contribution is 2.25. The van der Waals surface area contributed by atoms with Crippen LogP contribution in [0.25, 0.3) is 0 Å². The lowest BCUT2D eigenvalue weighted by Gasteiger charge is -2.14. The van der Waals surface area contributed by atoms with E-state index in [1.54, 1.807) is 6.20 Å². The Kier molecular flexibility index (Phi) is 4.38. The normalized spacial score (nSPS) is 12.4. The smallest absolute Gasteiger partial charge is 0.0716 e. The van der Waals surface area contributed by atoms with Crippen molar-refractivity contribution in [2.75, 3.05) is 0 Å². The Morgan fingerprint density at radius 2 is 2.17 bits per heavy atom. The van der Waals surface area contributed by atoms with Crippen LogP contribution in [0.3, 0.4) is 0 Å². The molecule has 0 amide bonds. The second kappa shape index (κ2) is 5.83. The Balaban J connectivity index is 2.21. The molecule has 2 nitrogen and oxygen atoms in total. The van der Waals surface area contributed by atoms with Crippen LogP contribution in [0.15, 0.2) is 41.0 Å². The van der Waals surface area contributed by atoms with Crippen molar-refractivity contribution in [2.24, 2.45) is 5.73 Å². The van der Waals surface area contributed by atoms with Gasteiger partial charge in [0.2, 0.25) is 0 Å². The molecule has 0 saturated heterocycles. The SMILES string of the molecule is Cc1ccc(CC(N)c2ncccc2Br)c(Cl)c1. The first kappa shape index (κ1) is 13.5. The van der Waals surface area contributed by atoms with Crippen LogP contribution in [0.1, 0.15) is 22.9 Å². The third-order valence-electron chi connectivity index (χ3n) is 2.79. The molecule has 18 heavy (non-hydrogen) atoms. The number of rotatable bonds is 3. The Labute approximate surface area is 120 Å². The van der Waals surface area contributed by atoms with Crippen LogP contribution in [0, 0.1) is 6.92 Å². The minimum Gasteiger partial charge on any atom is -0.322 e. The van der Waals surface area contributed by atoms with E-state index >= 15 is 0 Å².